The lowest BCUT2D eigenvalue weighted by Gasteiger charge is -2.28. The highest BCUT2D eigenvalue weighted by molar-refractivity contribution is 6.32. The maximum absolute atomic E-state index is 11.9. The first-order valence-electron chi connectivity index (χ1n) is 7.56. The van der Waals surface area contributed by atoms with E-state index in [1.807, 2.05) is 12.1 Å². The molecule has 5 heteroatoms. The van der Waals surface area contributed by atoms with Crippen LogP contribution in [-0.4, -0.2) is 19.1 Å². The molecule has 3 unspecified atom stereocenters. The molecule has 3 atom stereocenters. The average Bonchev–Trinajstić information content (AvgIpc) is 2.74. The van der Waals surface area contributed by atoms with Gasteiger partial charge in [0.25, 0.3) is 0 Å². The highest BCUT2D eigenvalue weighted by Crippen LogP contribution is 2.39. The van der Waals surface area contributed by atoms with Crippen LogP contribution in [-0.2, 0) is 4.79 Å². The largest absolute Gasteiger partial charge is 0.489 e. The first kappa shape index (κ1) is 14.7. The summed E-state index contributed by atoms with van der Waals surface area (Å²) in [5.74, 6) is 1.32. The first-order valence-corrected chi connectivity index (χ1v) is 7.94. The minimum atomic E-state index is -0.332. The standard InChI is InChI=1S/C16H21ClN2O2/c1-9-4-3-5-10(6-9)21-14-8-13-11(7-12(14)17)15(18-2)16(20)19-13/h7-10,15,18H,3-6H2,1-2H3,(H,19,20). The van der Waals surface area contributed by atoms with Gasteiger partial charge in [-0.1, -0.05) is 24.9 Å². The number of likely N-dealkylation sites (N-methyl/N-ethyl adjacent to an activating group) is 1. The van der Waals surface area contributed by atoms with E-state index in [1.54, 1.807) is 7.05 Å². The molecule has 1 aliphatic carbocycles. The van der Waals surface area contributed by atoms with Crippen molar-refractivity contribution in [2.24, 2.45) is 5.92 Å². The van der Waals surface area contributed by atoms with Gasteiger partial charge in [-0.2, -0.15) is 0 Å². The summed E-state index contributed by atoms with van der Waals surface area (Å²) in [5.41, 5.74) is 1.68. The Bertz CT molecular complexity index is 561. The third-order valence-corrected chi connectivity index (χ3v) is 4.70. The lowest BCUT2D eigenvalue weighted by Crippen LogP contribution is -2.24. The number of benzene rings is 1. The number of ether oxygens (including phenoxy) is 1. The number of carbonyl (C=O) groups is 1. The zero-order valence-corrected chi connectivity index (χ0v) is 13.2. The van der Waals surface area contributed by atoms with Crippen molar-refractivity contribution in [1.82, 2.24) is 5.32 Å². The first-order chi connectivity index (χ1) is 10.1. The van der Waals surface area contributed by atoms with Gasteiger partial charge in [-0.25, -0.2) is 0 Å². The Kier molecular flexibility index (Phi) is 4.09. The molecule has 0 saturated heterocycles. The minimum absolute atomic E-state index is 0.0491. The Morgan fingerprint density at radius 1 is 1.38 bits per heavy atom. The van der Waals surface area contributed by atoms with E-state index < -0.39 is 0 Å². The summed E-state index contributed by atoms with van der Waals surface area (Å²) < 4.78 is 6.08. The summed E-state index contributed by atoms with van der Waals surface area (Å²) in [6, 6.07) is 3.35. The van der Waals surface area contributed by atoms with Crippen LogP contribution >= 0.6 is 11.6 Å². The van der Waals surface area contributed by atoms with E-state index >= 15 is 0 Å². The number of fused-ring (bicyclic) bond motifs is 1. The average molecular weight is 309 g/mol. The molecule has 114 valence electrons. The van der Waals surface area contributed by atoms with Gasteiger partial charge in [0.1, 0.15) is 11.8 Å². The van der Waals surface area contributed by atoms with Crippen LogP contribution < -0.4 is 15.4 Å². The lowest BCUT2D eigenvalue weighted by molar-refractivity contribution is -0.117. The fourth-order valence-electron chi connectivity index (χ4n) is 3.30. The lowest BCUT2D eigenvalue weighted by atomic mass is 9.89. The van der Waals surface area contributed by atoms with Crippen molar-refractivity contribution in [2.45, 2.75) is 44.8 Å². The van der Waals surface area contributed by atoms with Crippen LogP contribution in [0.2, 0.25) is 5.02 Å². The summed E-state index contributed by atoms with van der Waals surface area (Å²) in [6.45, 7) is 2.26. The molecule has 1 fully saturated rings. The van der Waals surface area contributed by atoms with E-state index in [1.165, 1.54) is 12.8 Å². The Morgan fingerprint density at radius 2 is 2.19 bits per heavy atom. The second-order valence-electron chi connectivity index (χ2n) is 6.09. The summed E-state index contributed by atoms with van der Waals surface area (Å²) in [4.78, 5) is 11.9. The fraction of sp³-hybridized carbons (Fsp3) is 0.562. The second kappa shape index (κ2) is 5.85. The van der Waals surface area contributed by atoms with E-state index in [4.69, 9.17) is 16.3 Å². The predicted octanol–water partition coefficient (Wildman–Crippen LogP) is 3.51. The molecule has 3 rings (SSSR count). The van der Waals surface area contributed by atoms with Gasteiger partial charge in [0.05, 0.1) is 11.1 Å². The minimum Gasteiger partial charge on any atom is -0.489 e. The van der Waals surface area contributed by atoms with Crippen molar-refractivity contribution in [3.8, 4) is 5.75 Å². The molecule has 1 aliphatic heterocycles. The summed E-state index contributed by atoms with van der Waals surface area (Å²) in [6.07, 6.45) is 4.84. The maximum Gasteiger partial charge on any atom is 0.246 e. The number of anilines is 1. The molecule has 0 aromatic heterocycles. The van der Waals surface area contributed by atoms with Crippen LogP contribution in [0.4, 0.5) is 5.69 Å². The van der Waals surface area contributed by atoms with Crippen molar-refractivity contribution in [1.29, 1.82) is 0 Å². The molecular weight excluding hydrogens is 288 g/mol. The topological polar surface area (TPSA) is 50.4 Å². The van der Waals surface area contributed by atoms with Gasteiger partial charge in [0.2, 0.25) is 5.91 Å². The predicted molar refractivity (Wildman–Crippen MR) is 83.9 cm³/mol. The van der Waals surface area contributed by atoms with Gasteiger partial charge in [0, 0.05) is 17.3 Å². The number of nitrogens with one attached hydrogen (secondary N) is 2. The second-order valence-corrected chi connectivity index (χ2v) is 6.50. The number of hydrogen-bond donors (Lipinski definition) is 2. The van der Waals surface area contributed by atoms with Crippen molar-refractivity contribution in [3.05, 3.63) is 22.7 Å². The van der Waals surface area contributed by atoms with Crippen LogP contribution in [0.15, 0.2) is 12.1 Å². The van der Waals surface area contributed by atoms with Crippen LogP contribution in [0.5, 0.6) is 5.75 Å². The molecule has 1 aromatic rings. The summed E-state index contributed by atoms with van der Waals surface area (Å²) >= 11 is 6.34. The third-order valence-electron chi connectivity index (χ3n) is 4.41. The Hall–Kier alpha value is -1.26. The van der Waals surface area contributed by atoms with E-state index in [0.717, 1.165) is 24.1 Å². The number of rotatable bonds is 3. The highest BCUT2D eigenvalue weighted by atomic mass is 35.5. The van der Waals surface area contributed by atoms with Crippen molar-refractivity contribution in [3.63, 3.8) is 0 Å². The molecule has 0 spiro atoms. The van der Waals surface area contributed by atoms with Crippen LogP contribution in [0.25, 0.3) is 0 Å². The highest BCUT2D eigenvalue weighted by Gasteiger charge is 2.31. The monoisotopic (exact) mass is 308 g/mol. The van der Waals surface area contributed by atoms with Gasteiger partial charge < -0.3 is 15.4 Å². The Labute approximate surface area is 130 Å². The molecule has 1 amide bonds. The smallest absolute Gasteiger partial charge is 0.246 e. The molecule has 1 aromatic carbocycles. The van der Waals surface area contributed by atoms with Gasteiger partial charge >= 0.3 is 0 Å². The van der Waals surface area contributed by atoms with Crippen LogP contribution in [0, 0.1) is 5.92 Å². The zero-order valence-electron chi connectivity index (χ0n) is 12.4. The van der Waals surface area contributed by atoms with Crippen LogP contribution in [0.3, 0.4) is 0 Å². The SMILES string of the molecule is CNC1C(=O)Nc2cc(OC3CCCC(C)C3)c(Cl)cc21. The fourth-order valence-corrected chi connectivity index (χ4v) is 3.52. The van der Waals surface area contributed by atoms with Crippen molar-refractivity contribution in [2.75, 3.05) is 12.4 Å². The van der Waals surface area contributed by atoms with Crippen LogP contribution in [0.1, 0.15) is 44.2 Å². The zero-order chi connectivity index (χ0) is 15.0. The van der Waals surface area contributed by atoms with E-state index in [9.17, 15) is 4.79 Å². The third kappa shape index (κ3) is 2.87. The quantitative estimate of drug-likeness (QED) is 0.898. The number of halogens is 1. The molecule has 21 heavy (non-hydrogen) atoms. The van der Waals surface area contributed by atoms with Gasteiger partial charge in [-0.05, 0) is 38.3 Å². The van der Waals surface area contributed by atoms with E-state index in [2.05, 4.69) is 17.6 Å². The molecule has 1 heterocycles. The van der Waals surface area contributed by atoms with Crippen molar-refractivity contribution >= 4 is 23.2 Å². The maximum atomic E-state index is 11.9. The Morgan fingerprint density at radius 3 is 2.90 bits per heavy atom. The normalized spacial score (nSPS) is 28.1. The molecule has 1 saturated carbocycles. The van der Waals surface area contributed by atoms with Gasteiger partial charge in [0.15, 0.2) is 0 Å². The summed E-state index contributed by atoms with van der Waals surface area (Å²) in [7, 11) is 1.76. The van der Waals surface area contributed by atoms with Gasteiger partial charge in [-0.3, -0.25) is 4.79 Å². The molecule has 0 radical (unpaired) electrons. The molecular formula is C16H21ClN2O2. The summed E-state index contributed by atoms with van der Waals surface area (Å²) in [5, 5.41) is 6.44. The van der Waals surface area contributed by atoms with E-state index in [0.29, 0.717) is 16.7 Å². The molecule has 0 bridgehead atoms. The molecule has 2 aliphatic rings. The van der Waals surface area contributed by atoms with Crippen molar-refractivity contribution < 1.29 is 9.53 Å². The Balaban J connectivity index is 1.81. The number of carbonyl (C=O) groups excluding carboxylic acids is 1. The number of amides is 1. The number of hydrogen-bond acceptors (Lipinski definition) is 3. The molecule has 4 nitrogen and oxygen atoms in total. The van der Waals surface area contributed by atoms with Gasteiger partial charge in [-0.15, -0.1) is 0 Å². The van der Waals surface area contributed by atoms with E-state index in [-0.39, 0.29) is 18.1 Å². The molecule has 2 N–H and O–H groups in total.